The Labute approximate surface area is 203 Å². The first kappa shape index (κ1) is 23.2. The maximum Gasteiger partial charge on any atom is 0.122 e. The minimum Gasteiger partial charge on any atom is -0.491 e. The Morgan fingerprint density at radius 3 is 2.03 bits per heavy atom. The summed E-state index contributed by atoms with van der Waals surface area (Å²) < 4.78 is 22.5. The Balaban J connectivity index is 1.25. The van der Waals surface area contributed by atoms with Crippen molar-refractivity contribution in [1.29, 1.82) is 0 Å². The van der Waals surface area contributed by atoms with Gasteiger partial charge in [0.2, 0.25) is 0 Å². The van der Waals surface area contributed by atoms with E-state index in [1.165, 1.54) is 36.0 Å². The number of hydrogen-bond donors (Lipinski definition) is 0. The summed E-state index contributed by atoms with van der Waals surface area (Å²) in [6.07, 6.45) is 13.5. The molecular weight excluding hydrogens is 424 g/mol. The Morgan fingerprint density at radius 2 is 1.41 bits per heavy atom. The van der Waals surface area contributed by atoms with Gasteiger partial charge >= 0.3 is 0 Å². The largest absolute Gasteiger partial charge is 0.491 e. The number of benzene rings is 2. The molecular formula is C30H36O4. The Morgan fingerprint density at radius 1 is 0.824 bits per heavy atom. The highest BCUT2D eigenvalue weighted by Gasteiger charge is 2.25. The number of epoxide rings is 2. The molecule has 3 atom stereocenters. The van der Waals surface area contributed by atoms with E-state index in [1.807, 2.05) is 0 Å². The normalized spacial score (nSPS) is 25.7. The average Bonchev–Trinajstić information content (AvgIpc) is 3.81. The van der Waals surface area contributed by atoms with Crippen molar-refractivity contribution < 1.29 is 18.9 Å². The Bertz CT molecular complexity index is 987. The quantitative estimate of drug-likeness (QED) is 0.267. The van der Waals surface area contributed by atoms with E-state index in [0.717, 1.165) is 24.7 Å². The summed E-state index contributed by atoms with van der Waals surface area (Å²) in [7, 11) is 0. The van der Waals surface area contributed by atoms with Gasteiger partial charge in [0.25, 0.3) is 0 Å². The van der Waals surface area contributed by atoms with Crippen molar-refractivity contribution in [3.8, 4) is 11.5 Å². The van der Waals surface area contributed by atoms with E-state index in [9.17, 15) is 0 Å². The molecule has 0 radical (unpaired) electrons. The van der Waals surface area contributed by atoms with E-state index in [1.54, 1.807) is 0 Å². The highest BCUT2D eigenvalue weighted by atomic mass is 16.6. The fourth-order valence-electron chi connectivity index (χ4n) is 4.49. The van der Waals surface area contributed by atoms with Crippen molar-refractivity contribution in [3.63, 3.8) is 0 Å². The number of hydrogen-bond acceptors (Lipinski definition) is 4. The molecule has 2 aliphatic heterocycles. The molecule has 0 bridgehead atoms. The zero-order chi connectivity index (χ0) is 23.3. The lowest BCUT2D eigenvalue weighted by Crippen LogP contribution is -2.08. The summed E-state index contributed by atoms with van der Waals surface area (Å²) >= 11 is 0. The van der Waals surface area contributed by atoms with Crippen LogP contribution in [0.15, 0.2) is 66.8 Å². The minimum atomic E-state index is 0.271. The van der Waals surface area contributed by atoms with Gasteiger partial charge in [-0.1, -0.05) is 75.3 Å². The highest BCUT2D eigenvalue weighted by Crippen LogP contribution is 2.36. The minimum absolute atomic E-state index is 0.271. The summed E-state index contributed by atoms with van der Waals surface area (Å²) in [4.78, 5) is 0. The molecule has 34 heavy (non-hydrogen) atoms. The predicted octanol–water partition coefficient (Wildman–Crippen LogP) is 6.53. The lowest BCUT2D eigenvalue weighted by atomic mass is 9.85. The van der Waals surface area contributed by atoms with Gasteiger partial charge in [0.1, 0.15) is 36.9 Å². The predicted molar refractivity (Wildman–Crippen MR) is 135 cm³/mol. The third kappa shape index (κ3) is 6.11. The van der Waals surface area contributed by atoms with Crippen LogP contribution < -0.4 is 9.47 Å². The lowest BCUT2D eigenvalue weighted by molar-refractivity contribution is 0.260. The number of unbranched alkanes of at least 4 members (excludes halogenated alkanes) is 1. The molecule has 4 heteroatoms. The maximum absolute atomic E-state index is 6.14. The van der Waals surface area contributed by atoms with Gasteiger partial charge in [0.15, 0.2) is 0 Å². The van der Waals surface area contributed by atoms with E-state index in [0.29, 0.717) is 25.0 Å². The molecule has 0 saturated carbocycles. The van der Waals surface area contributed by atoms with Crippen LogP contribution in [0.5, 0.6) is 11.5 Å². The zero-order valence-electron chi connectivity index (χ0n) is 20.3. The molecule has 2 fully saturated rings. The fraction of sp³-hybridized carbons (Fsp3) is 0.467. The molecule has 0 spiro atoms. The summed E-state index contributed by atoms with van der Waals surface area (Å²) in [6, 6.07) is 15.2. The molecule has 180 valence electrons. The van der Waals surface area contributed by atoms with Crippen LogP contribution >= 0.6 is 0 Å². The third-order valence-electron chi connectivity index (χ3n) is 6.92. The van der Waals surface area contributed by atoms with Gasteiger partial charge in [-0.25, -0.2) is 0 Å². The molecule has 3 unspecified atom stereocenters. The van der Waals surface area contributed by atoms with Crippen LogP contribution in [0.4, 0.5) is 0 Å². The van der Waals surface area contributed by atoms with E-state index in [4.69, 9.17) is 18.9 Å². The molecule has 2 aromatic rings. The zero-order valence-corrected chi connectivity index (χ0v) is 20.3. The number of rotatable bonds is 12. The second-order valence-corrected chi connectivity index (χ2v) is 9.76. The van der Waals surface area contributed by atoms with Crippen molar-refractivity contribution in [1.82, 2.24) is 0 Å². The Hall–Kier alpha value is -2.56. The van der Waals surface area contributed by atoms with Crippen LogP contribution in [0.3, 0.4) is 0 Å². The Kier molecular flexibility index (Phi) is 7.36. The van der Waals surface area contributed by atoms with Crippen molar-refractivity contribution in [2.24, 2.45) is 0 Å². The molecule has 2 saturated heterocycles. The van der Waals surface area contributed by atoms with Crippen molar-refractivity contribution in [2.45, 2.75) is 63.1 Å². The van der Waals surface area contributed by atoms with E-state index in [2.05, 4.69) is 80.6 Å². The van der Waals surface area contributed by atoms with E-state index >= 15 is 0 Å². The smallest absolute Gasteiger partial charge is 0.122 e. The SMILES string of the molecule is CCCCC(C)c1cc(C2C=CC(c3ccc(OCC4CO4)cc3)C=C2)ccc1OCC1CO1. The van der Waals surface area contributed by atoms with Gasteiger partial charge in [0, 0.05) is 11.8 Å². The average molecular weight is 461 g/mol. The van der Waals surface area contributed by atoms with E-state index in [-0.39, 0.29) is 18.1 Å². The molecule has 0 amide bonds. The molecule has 1 aliphatic carbocycles. The molecule has 5 rings (SSSR count). The summed E-state index contributed by atoms with van der Waals surface area (Å²) in [5.74, 6) is 2.98. The van der Waals surface area contributed by atoms with Crippen molar-refractivity contribution >= 4 is 0 Å². The molecule has 0 N–H and O–H groups in total. The second kappa shape index (κ2) is 10.8. The van der Waals surface area contributed by atoms with Crippen molar-refractivity contribution in [3.05, 3.63) is 83.5 Å². The van der Waals surface area contributed by atoms with Gasteiger partial charge in [-0.05, 0) is 47.2 Å². The number of ether oxygens (including phenoxy) is 4. The maximum atomic E-state index is 6.14. The van der Waals surface area contributed by atoms with Gasteiger partial charge in [-0.15, -0.1) is 0 Å². The monoisotopic (exact) mass is 460 g/mol. The van der Waals surface area contributed by atoms with Gasteiger partial charge in [-0.2, -0.15) is 0 Å². The van der Waals surface area contributed by atoms with Gasteiger partial charge < -0.3 is 18.9 Å². The first-order valence-electron chi connectivity index (χ1n) is 12.8. The topological polar surface area (TPSA) is 43.5 Å². The lowest BCUT2D eigenvalue weighted by Gasteiger charge is -2.22. The van der Waals surface area contributed by atoms with Crippen LogP contribution in [0, 0.1) is 0 Å². The summed E-state index contributed by atoms with van der Waals surface area (Å²) in [6.45, 7) is 7.51. The summed E-state index contributed by atoms with van der Waals surface area (Å²) in [5, 5.41) is 0. The van der Waals surface area contributed by atoms with Crippen LogP contribution in [0.1, 0.15) is 67.6 Å². The first-order chi connectivity index (χ1) is 16.7. The van der Waals surface area contributed by atoms with Crippen LogP contribution in [0.2, 0.25) is 0 Å². The molecule has 0 aromatic heterocycles. The van der Waals surface area contributed by atoms with Gasteiger partial charge in [0.05, 0.1) is 13.2 Å². The molecule has 3 aliphatic rings. The standard InChI is InChI=1S/C30H36O4/c1-3-4-5-21(2)29-16-25(12-15-30(29)34-20-28-19-33-28)24-8-6-22(7-9-24)23-10-13-26(14-11-23)31-17-27-18-32-27/h6-16,21-22,24,27-28H,3-5,17-20H2,1-2H3. The molecule has 2 aromatic carbocycles. The highest BCUT2D eigenvalue weighted by molar-refractivity contribution is 5.45. The third-order valence-corrected chi connectivity index (χ3v) is 6.92. The van der Waals surface area contributed by atoms with E-state index < -0.39 is 0 Å². The molecule has 4 nitrogen and oxygen atoms in total. The fourth-order valence-corrected chi connectivity index (χ4v) is 4.49. The van der Waals surface area contributed by atoms with Crippen LogP contribution in [-0.2, 0) is 9.47 Å². The van der Waals surface area contributed by atoms with Crippen LogP contribution in [-0.4, -0.2) is 38.6 Å². The molecule has 2 heterocycles. The van der Waals surface area contributed by atoms with Crippen molar-refractivity contribution in [2.75, 3.05) is 26.4 Å². The summed E-state index contributed by atoms with van der Waals surface area (Å²) in [5.41, 5.74) is 3.92. The number of allylic oxidation sites excluding steroid dienone is 4. The first-order valence-corrected chi connectivity index (χ1v) is 12.8. The second-order valence-electron chi connectivity index (χ2n) is 9.76. The van der Waals surface area contributed by atoms with Gasteiger partial charge in [-0.3, -0.25) is 0 Å². The van der Waals surface area contributed by atoms with Crippen LogP contribution in [0.25, 0.3) is 0 Å².